The van der Waals surface area contributed by atoms with Gasteiger partial charge in [0.05, 0.1) is 5.41 Å². The number of hydrogen-bond acceptors (Lipinski definition) is 4. The van der Waals surface area contributed by atoms with Gasteiger partial charge in [0.15, 0.2) is 0 Å². The third-order valence-electron chi connectivity index (χ3n) is 7.63. The van der Waals surface area contributed by atoms with Crippen molar-refractivity contribution in [1.29, 1.82) is 5.26 Å². The standard InChI is InChI=1S/C26H27NO3/c27-17-24(19-6-4-10-23(15-19)29-22-8-2-1-3-9-22)30-25(28)26-13-5-7-20(16-26)18-11-12-21(26)14-18/h1-4,6,8-10,15,18,20-21,24H,5,7,11-14,16H2. The average Bonchev–Trinajstić information content (AvgIpc) is 3.25. The predicted octanol–water partition coefficient (Wildman–Crippen LogP) is 6.19. The van der Waals surface area contributed by atoms with Crippen LogP contribution in [0.1, 0.15) is 56.6 Å². The second-order valence-electron chi connectivity index (χ2n) is 9.18. The van der Waals surface area contributed by atoms with Gasteiger partial charge in [0, 0.05) is 5.56 Å². The van der Waals surface area contributed by atoms with Crippen LogP contribution in [0.25, 0.3) is 0 Å². The van der Waals surface area contributed by atoms with E-state index < -0.39 is 6.10 Å². The van der Waals surface area contributed by atoms with Gasteiger partial charge in [-0.3, -0.25) is 4.79 Å². The van der Waals surface area contributed by atoms with Crippen molar-refractivity contribution in [3.05, 3.63) is 60.2 Å². The summed E-state index contributed by atoms with van der Waals surface area (Å²) in [4.78, 5) is 13.4. The minimum atomic E-state index is -0.911. The topological polar surface area (TPSA) is 59.3 Å². The Labute approximate surface area is 177 Å². The number of para-hydroxylation sites is 1. The Morgan fingerprint density at radius 3 is 2.70 bits per heavy atom. The molecule has 5 rings (SSSR count). The van der Waals surface area contributed by atoms with Crippen molar-refractivity contribution in [1.82, 2.24) is 0 Å². The number of carbonyl (C=O) groups excluding carboxylic acids is 1. The molecule has 0 aliphatic heterocycles. The third-order valence-corrected chi connectivity index (χ3v) is 7.63. The highest BCUT2D eigenvalue weighted by atomic mass is 16.5. The molecule has 0 spiro atoms. The summed E-state index contributed by atoms with van der Waals surface area (Å²) in [7, 11) is 0. The van der Waals surface area contributed by atoms with E-state index in [0.29, 0.717) is 23.1 Å². The third kappa shape index (κ3) is 3.37. The molecule has 5 unspecified atom stereocenters. The van der Waals surface area contributed by atoms with Crippen molar-refractivity contribution in [3.8, 4) is 17.6 Å². The lowest BCUT2D eigenvalue weighted by molar-refractivity contribution is -0.170. The fraction of sp³-hybridized carbons (Fsp3) is 0.462. The quantitative estimate of drug-likeness (QED) is 0.560. The molecule has 0 amide bonds. The smallest absolute Gasteiger partial charge is 0.314 e. The monoisotopic (exact) mass is 401 g/mol. The molecule has 4 bridgehead atoms. The van der Waals surface area contributed by atoms with E-state index in [4.69, 9.17) is 9.47 Å². The van der Waals surface area contributed by atoms with E-state index in [0.717, 1.165) is 43.8 Å². The summed E-state index contributed by atoms with van der Waals surface area (Å²) in [6.07, 6.45) is 6.85. The first kappa shape index (κ1) is 19.2. The molecule has 0 radical (unpaired) electrons. The summed E-state index contributed by atoms with van der Waals surface area (Å²) >= 11 is 0. The summed E-state index contributed by atoms with van der Waals surface area (Å²) in [6, 6.07) is 19.0. The summed E-state index contributed by atoms with van der Waals surface area (Å²) in [5.41, 5.74) is 0.284. The molecule has 5 atom stereocenters. The largest absolute Gasteiger partial charge is 0.457 e. The van der Waals surface area contributed by atoms with Crippen LogP contribution < -0.4 is 4.74 Å². The van der Waals surface area contributed by atoms with Crippen LogP contribution in [0.4, 0.5) is 0 Å². The van der Waals surface area contributed by atoms with Crippen LogP contribution in [-0.2, 0) is 9.53 Å². The maximum absolute atomic E-state index is 13.4. The Morgan fingerprint density at radius 1 is 1.03 bits per heavy atom. The van der Waals surface area contributed by atoms with Crippen LogP contribution in [0.2, 0.25) is 0 Å². The maximum Gasteiger partial charge on any atom is 0.314 e. The van der Waals surface area contributed by atoms with E-state index in [1.54, 1.807) is 6.07 Å². The summed E-state index contributed by atoms with van der Waals surface area (Å²) in [5.74, 6) is 3.09. The zero-order valence-corrected chi connectivity index (χ0v) is 17.1. The molecule has 0 heterocycles. The van der Waals surface area contributed by atoms with Crippen molar-refractivity contribution in [3.63, 3.8) is 0 Å². The van der Waals surface area contributed by atoms with Gasteiger partial charge in [-0.15, -0.1) is 0 Å². The molecule has 0 aromatic heterocycles. The number of hydrogen-bond donors (Lipinski definition) is 0. The summed E-state index contributed by atoms with van der Waals surface area (Å²) in [5, 5.41) is 9.79. The molecular formula is C26H27NO3. The fourth-order valence-electron chi connectivity index (χ4n) is 6.18. The first-order valence-electron chi connectivity index (χ1n) is 11.1. The summed E-state index contributed by atoms with van der Waals surface area (Å²) in [6.45, 7) is 0. The van der Waals surface area contributed by atoms with Crippen molar-refractivity contribution in [2.24, 2.45) is 23.2 Å². The van der Waals surface area contributed by atoms with Crippen molar-refractivity contribution in [2.45, 2.75) is 51.0 Å². The Morgan fingerprint density at radius 2 is 1.87 bits per heavy atom. The Kier molecular flexibility index (Phi) is 4.98. The second-order valence-corrected chi connectivity index (χ2v) is 9.18. The van der Waals surface area contributed by atoms with E-state index in [-0.39, 0.29) is 11.4 Å². The van der Waals surface area contributed by atoms with E-state index in [9.17, 15) is 10.1 Å². The molecule has 30 heavy (non-hydrogen) atoms. The molecule has 154 valence electrons. The van der Waals surface area contributed by atoms with Crippen molar-refractivity contribution < 1.29 is 14.3 Å². The van der Waals surface area contributed by atoms with Gasteiger partial charge in [0.25, 0.3) is 0 Å². The van der Waals surface area contributed by atoms with Gasteiger partial charge in [-0.2, -0.15) is 5.26 Å². The summed E-state index contributed by atoms with van der Waals surface area (Å²) < 4.78 is 11.8. The molecule has 3 saturated carbocycles. The highest BCUT2D eigenvalue weighted by Gasteiger charge is 2.57. The number of nitrogens with zero attached hydrogens (tertiary/aromatic N) is 1. The van der Waals surface area contributed by atoms with Gasteiger partial charge >= 0.3 is 5.97 Å². The van der Waals surface area contributed by atoms with Gasteiger partial charge < -0.3 is 9.47 Å². The molecule has 2 aromatic rings. The molecule has 0 N–H and O–H groups in total. The van der Waals surface area contributed by atoms with Gasteiger partial charge in [-0.1, -0.05) is 43.2 Å². The predicted molar refractivity (Wildman–Crippen MR) is 113 cm³/mol. The van der Waals surface area contributed by atoms with Gasteiger partial charge in [-0.05, 0) is 74.1 Å². The highest BCUT2D eigenvalue weighted by Crippen LogP contribution is 2.61. The Balaban J connectivity index is 1.34. The van der Waals surface area contributed by atoms with E-state index in [2.05, 4.69) is 6.07 Å². The van der Waals surface area contributed by atoms with Crippen LogP contribution in [0.15, 0.2) is 54.6 Å². The molecule has 3 aliphatic carbocycles. The lowest BCUT2D eigenvalue weighted by Gasteiger charge is -2.47. The van der Waals surface area contributed by atoms with E-state index in [1.165, 1.54) is 12.8 Å². The zero-order valence-electron chi connectivity index (χ0n) is 17.1. The molecule has 3 aliphatic rings. The van der Waals surface area contributed by atoms with E-state index >= 15 is 0 Å². The maximum atomic E-state index is 13.4. The molecule has 4 nitrogen and oxygen atoms in total. The first-order valence-corrected chi connectivity index (χ1v) is 11.1. The number of ether oxygens (including phenoxy) is 2. The molecular weight excluding hydrogens is 374 g/mol. The van der Waals surface area contributed by atoms with Gasteiger partial charge in [0.2, 0.25) is 6.10 Å². The van der Waals surface area contributed by atoms with Crippen LogP contribution >= 0.6 is 0 Å². The molecule has 0 saturated heterocycles. The second kappa shape index (κ2) is 7.80. The average molecular weight is 402 g/mol. The molecule has 4 heteroatoms. The molecule has 2 aromatic carbocycles. The lowest BCUT2D eigenvalue weighted by Crippen LogP contribution is -2.47. The van der Waals surface area contributed by atoms with Gasteiger partial charge in [0.1, 0.15) is 17.6 Å². The minimum Gasteiger partial charge on any atom is -0.457 e. The van der Waals surface area contributed by atoms with Crippen LogP contribution in [0.3, 0.4) is 0 Å². The van der Waals surface area contributed by atoms with Gasteiger partial charge in [-0.25, -0.2) is 0 Å². The van der Waals surface area contributed by atoms with E-state index in [1.807, 2.05) is 48.5 Å². The number of rotatable bonds is 5. The van der Waals surface area contributed by atoms with Crippen LogP contribution in [0.5, 0.6) is 11.5 Å². The van der Waals surface area contributed by atoms with Crippen LogP contribution in [0, 0.1) is 34.5 Å². The number of esters is 1. The number of nitriles is 1. The van der Waals surface area contributed by atoms with Crippen LogP contribution in [-0.4, -0.2) is 5.97 Å². The number of benzene rings is 2. The fourth-order valence-corrected chi connectivity index (χ4v) is 6.18. The van der Waals surface area contributed by atoms with Crippen molar-refractivity contribution in [2.75, 3.05) is 0 Å². The highest BCUT2D eigenvalue weighted by molar-refractivity contribution is 5.78. The Bertz CT molecular complexity index is 966. The first-order chi connectivity index (χ1) is 14.7. The SMILES string of the molecule is N#CC(OC(=O)C12CCCC(C1)C1CCC2C1)c1cccc(Oc2ccccc2)c1. The zero-order chi connectivity index (χ0) is 20.6. The lowest BCUT2D eigenvalue weighted by atomic mass is 9.57. The van der Waals surface area contributed by atoms with Crippen molar-refractivity contribution >= 4 is 5.97 Å². The number of carbonyl (C=O) groups is 1. The normalized spacial score (nSPS) is 30.2. The number of fused-ring (bicyclic) bond motifs is 6. The minimum absolute atomic E-state index is 0.154. The molecule has 3 fully saturated rings. The Hall–Kier alpha value is -2.80.